The number of benzene rings is 1. The van der Waals surface area contributed by atoms with Crippen LogP contribution >= 0.6 is 0 Å². The maximum atomic E-state index is 12.7. The quantitative estimate of drug-likeness (QED) is 0.668. The lowest BCUT2D eigenvalue weighted by molar-refractivity contribution is 0.0701. The van der Waals surface area contributed by atoms with Crippen LogP contribution in [0.5, 0.6) is 5.75 Å². The Balaban J connectivity index is 2.13. The molecule has 0 saturated carbocycles. The van der Waals surface area contributed by atoms with E-state index in [0.717, 1.165) is 6.54 Å². The van der Waals surface area contributed by atoms with E-state index in [1.807, 2.05) is 19.9 Å². The van der Waals surface area contributed by atoms with Crippen molar-refractivity contribution in [2.75, 3.05) is 18.9 Å². The smallest absolute Gasteiger partial charge is 0.179 e. The van der Waals surface area contributed by atoms with E-state index in [9.17, 15) is 4.79 Å². The first-order chi connectivity index (χ1) is 10.0. The van der Waals surface area contributed by atoms with E-state index in [-0.39, 0.29) is 11.8 Å². The van der Waals surface area contributed by atoms with E-state index in [1.54, 1.807) is 12.1 Å². The Kier molecular flexibility index (Phi) is 5.23. The second-order valence-electron chi connectivity index (χ2n) is 5.81. The third-order valence-corrected chi connectivity index (χ3v) is 4.33. The van der Waals surface area contributed by atoms with E-state index in [4.69, 9.17) is 10.5 Å². The Morgan fingerprint density at radius 3 is 2.86 bits per heavy atom. The molecule has 1 aliphatic rings. The van der Waals surface area contributed by atoms with Crippen molar-refractivity contribution in [3.8, 4) is 5.75 Å². The predicted octanol–water partition coefficient (Wildman–Crippen LogP) is 3.11. The minimum atomic E-state index is -0.0994. The molecule has 1 aliphatic heterocycles. The van der Waals surface area contributed by atoms with Gasteiger partial charge < -0.3 is 10.5 Å². The van der Waals surface area contributed by atoms with Crippen LogP contribution in [0.1, 0.15) is 50.4 Å². The summed E-state index contributed by atoms with van der Waals surface area (Å²) >= 11 is 0. The average Bonchev–Trinajstić information content (AvgIpc) is 2.48. The van der Waals surface area contributed by atoms with Crippen molar-refractivity contribution in [2.45, 2.75) is 52.1 Å². The normalized spacial score (nSPS) is 21.0. The molecule has 2 unspecified atom stereocenters. The summed E-state index contributed by atoms with van der Waals surface area (Å²) in [4.78, 5) is 15.0. The summed E-state index contributed by atoms with van der Waals surface area (Å²) in [5.41, 5.74) is 7.16. The van der Waals surface area contributed by atoms with Crippen molar-refractivity contribution in [3.63, 3.8) is 0 Å². The van der Waals surface area contributed by atoms with Crippen LogP contribution in [0.15, 0.2) is 18.2 Å². The molecule has 0 aromatic heterocycles. The van der Waals surface area contributed by atoms with Gasteiger partial charge in [0.05, 0.1) is 18.3 Å². The summed E-state index contributed by atoms with van der Waals surface area (Å²) in [6.45, 7) is 7.68. The molecule has 1 aromatic carbocycles. The van der Waals surface area contributed by atoms with Gasteiger partial charge >= 0.3 is 0 Å². The van der Waals surface area contributed by atoms with Crippen LogP contribution < -0.4 is 10.5 Å². The second-order valence-corrected chi connectivity index (χ2v) is 5.81. The van der Waals surface area contributed by atoms with Crippen LogP contribution in [0.2, 0.25) is 0 Å². The summed E-state index contributed by atoms with van der Waals surface area (Å²) in [6.07, 6.45) is 3.60. The van der Waals surface area contributed by atoms with E-state index in [2.05, 4.69) is 11.8 Å². The Morgan fingerprint density at radius 2 is 2.24 bits per heavy atom. The highest BCUT2D eigenvalue weighted by molar-refractivity contribution is 6.00. The van der Waals surface area contributed by atoms with E-state index in [1.165, 1.54) is 19.3 Å². The zero-order valence-corrected chi connectivity index (χ0v) is 13.3. The Labute approximate surface area is 127 Å². The maximum absolute atomic E-state index is 12.7. The fourth-order valence-corrected chi connectivity index (χ4v) is 3.08. The van der Waals surface area contributed by atoms with Crippen LogP contribution in [0, 0.1) is 0 Å². The number of carbonyl (C=O) groups is 1. The average molecular weight is 290 g/mol. The van der Waals surface area contributed by atoms with E-state index in [0.29, 0.717) is 29.6 Å². The summed E-state index contributed by atoms with van der Waals surface area (Å²) in [6, 6.07) is 5.71. The number of carbonyl (C=O) groups excluding carboxylic acids is 1. The predicted molar refractivity (Wildman–Crippen MR) is 85.8 cm³/mol. The van der Waals surface area contributed by atoms with Crippen molar-refractivity contribution < 1.29 is 9.53 Å². The third-order valence-electron chi connectivity index (χ3n) is 4.33. The largest absolute Gasteiger partial charge is 0.492 e. The number of nitrogens with two attached hydrogens (primary N) is 1. The highest BCUT2D eigenvalue weighted by Gasteiger charge is 2.28. The van der Waals surface area contributed by atoms with Crippen molar-refractivity contribution >= 4 is 11.5 Å². The van der Waals surface area contributed by atoms with Crippen LogP contribution in [-0.4, -0.2) is 35.9 Å². The molecule has 21 heavy (non-hydrogen) atoms. The molecule has 4 heteroatoms. The summed E-state index contributed by atoms with van der Waals surface area (Å²) in [5.74, 6) is 0.784. The second kappa shape index (κ2) is 6.94. The van der Waals surface area contributed by atoms with Crippen molar-refractivity contribution in [1.82, 2.24) is 4.90 Å². The van der Waals surface area contributed by atoms with Gasteiger partial charge in [-0.05, 0) is 58.4 Å². The lowest BCUT2D eigenvalue weighted by Crippen LogP contribution is -2.47. The van der Waals surface area contributed by atoms with Crippen molar-refractivity contribution in [3.05, 3.63) is 23.8 Å². The molecule has 1 heterocycles. The number of piperidine rings is 1. The SMILES string of the molecule is CCOc1ccc(C(=O)C(C)N2CCCCC2C)cc1N. The number of nitrogens with zero attached hydrogens (tertiary/aromatic N) is 1. The van der Waals surface area contributed by atoms with Gasteiger partial charge in [0.1, 0.15) is 5.75 Å². The molecule has 2 rings (SSSR count). The molecular weight excluding hydrogens is 264 g/mol. The number of anilines is 1. The fourth-order valence-electron chi connectivity index (χ4n) is 3.08. The highest BCUT2D eigenvalue weighted by Crippen LogP contribution is 2.25. The first kappa shape index (κ1) is 15.8. The number of likely N-dealkylation sites (tertiary alicyclic amines) is 1. The molecule has 1 aromatic rings. The topological polar surface area (TPSA) is 55.6 Å². The number of ketones is 1. The minimum absolute atomic E-state index is 0.0994. The van der Waals surface area contributed by atoms with Crippen LogP contribution in [0.25, 0.3) is 0 Å². The lowest BCUT2D eigenvalue weighted by atomic mass is 9.97. The minimum Gasteiger partial charge on any atom is -0.492 e. The molecule has 116 valence electrons. The van der Waals surface area contributed by atoms with Crippen molar-refractivity contribution in [1.29, 1.82) is 0 Å². The molecule has 0 amide bonds. The summed E-state index contributed by atoms with van der Waals surface area (Å²) in [5, 5.41) is 0. The van der Waals surface area contributed by atoms with Gasteiger partial charge in [-0.2, -0.15) is 0 Å². The molecule has 1 fully saturated rings. The molecule has 0 bridgehead atoms. The van der Waals surface area contributed by atoms with Crippen LogP contribution in [-0.2, 0) is 0 Å². The lowest BCUT2D eigenvalue weighted by Gasteiger charge is -2.37. The standard InChI is InChI=1S/C17H26N2O2/c1-4-21-16-9-8-14(11-15(16)18)17(20)13(3)19-10-6-5-7-12(19)2/h8-9,11-13H,4-7,10,18H2,1-3H3. The molecule has 1 saturated heterocycles. The number of ether oxygens (including phenoxy) is 1. The number of Topliss-reactive ketones (excluding diaryl/α,β-unsaturated/α-hetero) is 1. The molecule has 4 nitrogen and oxygen atoms in total. The molecule has 0 aliphatic carbocycles. The van der Waals surface area contributed by atoms with Gasteiger partial charge in [-0.3, -0.25) is 9.69 Å². The van der Waals surface area contributed by atoms with Gasteiger partial charge in [0, 0.05) is 11.6 Å². The van der Waals surface area contributed by atoms with Crippen LogP contribution in [0.4, 0.5) is 5.69 Å². The van der Waals surface area contributed by atoms with Gasteiger partial charge in [-0.25, -0.2) is 0 Å². The Bertz CT molecular complexity index is 502. The highest BCUT2D eigenvalue weighted by atomic mass is 16.5. The first-order valence-electron chi connectivity index (χ1n) is 7.86. The van der Waals surface area contributed by atoms with Crippen LogP contribution in [0.3, 0.4) is 0 Å². The van der Waals surface area contributed by atoms with Gasteiger partial charge in [0.15, 0.2) is 5.78 Å². The zero-order valence-electron chi connectivity index (χ0n) is 13.3. The van der Waals surface area contributed by atoms with Gasteiger partial charge in [-0.15, -0.1) is 0 Å². The molecule has 0 radical (unpaired) electrons. The van der Waals surface area contributed by atoms with Crippen molar-refractivity contribution in [2.24, 2.45) is 0 Å². The third kappa shape index (κ3) is 3.56. The number of rotatable bonds is 5. The fraction of sp³-hybridized carbons (Fsp3) is 0.588. The monoisotopic (exact) mass is 290 g/mol. The van der Waals surface area contributed by atoms with Gasteiger partial charge in [-0.1, -0.05) is 6.42 Å². The Hall–Kier alpha value is -1.55. The first-order valence-corrected chi connectivity index (χ1v) is 7.86. The maximum Gasteiger partial charge on any atom is 0.179 e. The van der Waals surface area contributed by atoms with Gasteiger partial charge in [0.25, 0.3) is 0 Å². The van der Waals surface area contributed by atoms with Gasteiger partial charge in [0.2, 0.25) is 0 Å². The number of hydrogen-bond acceptors (Lipinski definition) is 4. The number of nitrogen functional groups attached to an aromatic ring is 1. The summed E-state index contributed by atoms with van der Waals surface area (Å²) in [7, 11) is 0. The molecule has 0 spiro atoms. The number of hydrogen-bond donors (Lipinski definition) is 1. The van der Waals surface area contributed by atoms with E-state index < -0.39 is 0 Å². The molecular formula is C17H26N2O2. The van der Waals surface area contributed by atoms with E-state index >= 15 is 0 Å². The summed E-state index contributed by atoms with van der Waals surface area (Å²) < 4.78 is 5.42. The zero-order chi connectivity index (χ0) is 15.4. The Morgan fingerprint density at radius 1 is 1.48 bits per heavy atom. The molecule has 2 atom stereocenters. The molecule has 2 N–H and O–H groups in total.